The van der Waals surface area contributed by atoms with Gasteiger partial charge < -0.3 is 25.4 Å². The molecule has 294 valence electrons. The fourth-order valence-corrected chi connectivity index (χ4v) is 8.85. The van der Waals surface area contributed by atoms with Crippen molar-refractivity contribution in [2.45, 2.75) is 38.1 Å². The Hall–Kier alpha value is -4.86. The molecular formula is C40H46Cl2N9O5+. The van der Waals surface area contributed by atoms with Gasteiger partial charge in [0.1, 0.15) is 10.8 Å². The van der Waals surface area contributed by atoms with Gasteiger partial charge in [0, 0.05) is 62.0 Å². The number of pyridine rings is 1. The zero-order chi connectivity index (χ0) is 40.1. The first kappa shape index (κ1) is 39.4. The molecule has 2 aliphatic heterocycles. The van der Waals surface area contributed by atoms with E-state index in [1.807, 2.05) is 50.5 Å². The smallest absolute Gasteiger partial charge is 0.332 e. The molecule has 16 heteroatoms. The second-order valence-corrected chi connectivity index (χ2v) is 15.8. The summed E-state index contributed by atoms with van der Waals surface area (Å²) in [4.78, 5) is 53.1. The third-order valence-electron chi connectivity index (χ3n) is 11.1. The van der Waals surface area contributed by atoms with E-state index in [4.69, 9.17) is 43.0 Å². The van der Waals surface area contributed by atoms with Gasteiger partial charge in [-0.3, -0.25) is 13.9 Å². The maximum atomic E-state index is 13.4. The molecule has 1 aliphatic carbocycles. The fraction of sp³-hybridized carbons (Fsp3) is 0.400. The highest BCUT2D eigenvalue weighted by molar-refractivity contribution is 6.39. The number of fused-ring (bicyclic) bond motifs is 2. The number of halogens is 2. The first-order chi connectivity index (χ1) is 26.7. The molecule has 14 nitrogen and oxygen atoms in total. The van der Waals surface area contributed by atoms with Crippen molar-refractivity contribution in [1.82, 2.24) is 44.1 Å². The Labute approximate surface area is 334 Å². The molecule has 0 saturated carbocycles. The first-order valence-corrected chi connectivity index (χ1v) is 19.3. The Morgan fingerprint density at radius 1 is 0.964 bits per heavy atom. The number of quaternary nitrogens is 1. The topological polar surface area (TPSA) is 156 Å². The van der Waals surface area contributed by atoms with Crippen LogP contribution in [0, 0.1) is 6.92 Å². The molecule has 8 rings (SSSR count). The molecule has 3 N–H and O–H groups in total. The molecule has 1 atom stereocenters. The average molecular weight is 804 g/mol. The van der Waals surface area contributed by atoms with Gasteiger partial charge in [-0.05, 0) is 50.8 Å². The minimum Gasteiger partial charge on any atom is -0.481 e. The molecule has 2 aromatic carbocycles. The van der Waals surface area contributed by atoms with Crippen molar-refractivity contribution in [2.24, 2.45) is 14.1 Å². The van der Waals surface area contributed by atoms with E-state index in [9.17, 15) is 14.4 Å². The van der Waals surface area contributed by atoms with Crippen LogP contribution in [-0.4, -0.2) is 99.7 Å². The predicted molar refractivity (Wildman–Crippen MR) is 219 cm³/mol. The standard InChI is InChI=1S/C32H31Cl2N6O3.C8H15N3O2/c1-17-35-28-25(31(41)39(3)32(42)38(28)2)29(36-17)40(4,5)24-15-9-13-21(27(24)34)20-12-8-14-22(26(20)33)23-16-18-10-7-11-19(18)30(37-23)43-6;12-4-3-11-6-8(10-7(11)13)1-2-9-5-8/h8-9,12-16H,7,10-11H2,1-6H3;9,12H,1-6H2,(H,10,13)/q+1;. The second kappa shape index (κ2) is 15.2. The van der Waals surface area contributed by atoms with Gasteiger partial charge in [0.15, 0.2) is 16.7 Å². The molecule has 3 aliphatic rings. The van der Waals surface area contributed by atoms with Gasteiger partial charge in [-0.1, -0.05) is 53.5 Å². The van der Waals surface area contributed by atoms with Crippen LogP contribution in [-0.2, 0) is 26.9 Å². The zero-order valence-corrected chi connectivity index (χ0v) is 33.9. The summed E-state index contributed by atoms with van der Waals surface area (Å²) < 4.78 is 8.07. The minimum absolute atomic E-state index is 0.0147. The lowest BCUT2D eigenvalue weighted by Crippen LogP contribution is -2.45. The third kappa shape index (κ3) is 6.83. The monoisotopic (exact) mass is 802 g/mol. The maximum absolute atomic E-state index is 13.4. The number of aromatic nitrogens is 5. The number of methoxy groups -OCH3 is 1. The van der Waals surface area contributed by atoms with E-state index in [0.717, 1.165) is 77.8 Å². The number of β-amino-alcohol motifs (C(OH)–C–C–N with tert-alkyl or cyclic N) is 1. The van der Waals surface area contributed by atoms with Crippen LogP contribution < -0.4 is 31.1 Å². The summed E-state index contributed by atoms with van der Waals surface area (Å²) in [5, 5.41) is 16.2. The fourth-order valence-electron chi connectivity index (χ4n) is 8.08. The van der Waals surface area contributed by atoms with Crippen LogP contribution in [0.25, 0.3) is 33.4 Å². The highest BCUT2D eigenvalue weighted by Crippen LogP contribution is 2.46. The van der Waals surface area contributed by atoms with Crippen LogP contribution in [0.15, 0.2) is 52.1 Å². The van der Waals surface area contributed by atoms with E-state index in [1.165, 1.54) is 17.2 Å². The van der Waals surface area contributed by atoms with Gasteiger partial charge >= 0.3 is 11.7 Å². The highest BCUT2D eigenvalue weighted by Gasteiger charge is 2.44. The Morgan fingerprint density at radius 2 is 1.68 bits per heavy atom. The average Bonchev–Trinajstić information content (AvgIpc) is 3.93. The van der Waals surface area contributed by atoms with E-state index in [-0.39, 0.29) is 33.7 Å². The van der Waals surface area contributed by atoms with Crippen molar-refractivity contribution in [2.75, 3.05) is 54.0 Å². The number of hydrogen-bond acceptors (Lipinski definition) is 9. The van der Waals surface area contributed by atoms with Crippen molar-refractivity contribution >= 4 is 51.8 Å². The largest absolute Gasteiger partial charge is 0.481 e. The molecule has 56 heavy (non-hydrogen) atoms. The lowest BCUT2D eigenvalue weighted by Gasteiger charge is -2.30. The number of carbonyl (C=O) groups is 1. The normalized spacial score (nSPS) is 17.7. The van der Waals surface area contributed by atoms with Crippen molar-refractivity contribution in [3.05, 3.63) is 90.3 Å². The SMILES string of the molecule is COc1nc(-c2cccc(-c3cccc([N+](C)(C)c4nc(C)nc5c4c(=O)n(C)c(=O)n5C)c3Cl)c2Cl)cc2c1CCC2.O=C1NC2(CCNC2)CN1CCO. The van der Waals surface area contributed by atoms with Crippen molar-refractivity contribution in [1.29, 1.82) is 0 Å². The molecule has 2 saturated heterocycles. The number of amides is 2. The molecule has 0 radical (unpaired) electrons. The van der Waals surface area contributed by atoms with Crippen LogP contribution in [0.5, 0.6) is 5.88 Å². The summed E-state index contributed by atoms with van der Waals surface area (Å²) in [5.41, 5.74) is 5.35. The molecule has 1 unspecified atom stereocenters. The van der Waals surface area contributed by atoms with Gasteiger partial charge in [0.2, 0.25) is 5.88 Å². The van der Waals surface area contributed by atoms with Crippen molar-refractivity contribution in [3.63, 3.8) is 0 Å². The summed E-state index contributed by atoms with van der Waals surface area (Å²) in [6.45, 7) is 4.74. The van der Waals surface area contributed by atoms with E-state index in [0.29, 0.717) is 39.8 Å². The van der Waals surface area contributed by atoms with Crippen molar-refractivity contribution < 1.29 is 14.6 Å². The van der Waals surface area contributed by atoms with E-state index in [1.54, 1.807) is 26.0 Å². The lowest BCUT2D eigenvalue weighted by molar-refractivity contribution is 0.195. The number of aryl methyl sites for hydroxylation is 3. The highest BCUT2D eigenvalue weighted by atomic mass is 35.5. The molecular weight excluding hydrogens is 757 g/mol. The first-order valence-electron chi connectivity index (χ1n) is 18.5. The Bertz CT molecular complexity index is 2490. The van der Waals surface area contributed by atoms with Gasteiger partial charge in [-0.2, -0.15) is 4.98 Å². The molecule has 2 amide bonds. The Balaban J connectivity index is 0.000000311. The van der Waals surface area contributed by atoms with Gasteiger partial charge in [-0.15, -0.1) is 0 Å². The Kier molecular flexibility index (Phi) is 10.7. The number of aliphatic hydroxyl groups excluding tert-OH is 1. The molecule has 1 spiro atoms. The number of aliphatic hydroxyl groups is 1. The van der Waals surface area contributed by atoms with E-state index < -0.39 is 11.2 Å². The van der Waals surface area contributed by atoms with Crippen LogP contribution >= 0.6 is 23.2 Å². The number of urea groups is 1. The number of hydrogen-bond donors (Lipinski definition) is 3. The quantitative estimate of drug-likeness (QED) is 0.202. The number of nitrogens with zero attached hydrogens (tertiary/aromatic N) is 7. The zero-order valence-electron chi connectivity index (χ0n) is 32.4. The molecule has 2 fully saturated rings. The molecule has 3 aromatic heterocycles. The predicted octanol–water partition coefficient (Wildman–Crippen LogP) is 4.50. The summed E-state index contributed by atoms with van der Waals surface area (Å²) in [6, 6.07) is 13.6. The van der Waals surface area contributed by atoms with E-state index in [2.05, 4.69) is 21.7 Å². The Morgan fingerprint density at radius 3 is 2.38 bits per heavy atom. The third-order valence-corrected chi connectivity index (χ3v) is 11.9. The van der Waals surface area contributed by atoms with Crippen LogP contribution in [0.1, 0.15) is 29.8 Å². The van der Waals surface area contributed by atoms with Crippen molar-refractivity contribution in [3.8, 4) is 28.3 Å². The summed E-state index contributed by atoms with van der Waals surface area (Å²) >= 11 is 14.3. The number of ether oxygens (including phenoxy) is 1. The number of benzene rings is 2. The van der Waals surface area contributed by atoms with Gasteiger partial charge in [-0.25, -0.2) is 24.0 Å². The summed E-state index contributed by atoms with van der Waals surface area (Å²) in [6.07, 6.45) is 4.00. The lowest BCUT2D eigenvalue weighted by atomic mass is 9.99. The number of carbonyl (C=O) groups excluding carboxylic acids is 1. The second-order valence-electron chi connectivity index (χ2n) is 15.0. The van der Waals surface area contributed by atoms with Crippen LogP contribution in [0.2, 0.25) is 10.0 Å². The minimum atomic E-state index is -0.473. The van der Waals surface area contributed by atoms with Crippen LogP contribution in [0.4, 0.5) is 16.3 Å². The summed E-state index contributed by atoms with van der Waals surface area (Å²) in [7, 11) is 8.48. The number of rotatable bonds is 7. The number of nitrogens with one attached hydrogen (secondary N) is 2. The van der Waals surface area contributed by atoms with Crippen LogP contribution in [0.3, 0.4) is 0 Å². The molecule has 5 aromatic rings. The molecule has 0 bridgehead atoms. The molecule has 5 heterocycles. The van der Waals surface area contributed by atoms with E-state index >= 15 is 0 Å². The van der Waals surface area contributed by atoms with Gasteiger partial charge in [0.05, 0.1) is 44.1 Å². The summed E-state index contributed by atoms with van der Waals surface area (Å²) in [5.74, 6) is 1.49. The maximum Gasteiger partial charge on any atom is 0.332 e. The van der Waals surface area contributed by atoms with Gasteiger partial charge in [0.25, 0.3) is 11.4 Å².